The number of hydrogen-bond acceptors (Lipinski definition) is 4. The van der Waals surface area contributed by atoms with Crippen molar-refractivity contribution >= 4 is 12.1 Å². The summed E-state index contributed by atoms with van der Waals surface area (Å²) in [5.74, 6) is -0.418. The molecule has 0 aliphatic carbocycles. The van der Waals surface area contributed by atoms with E-state index in [4.69, 9.17) is 4.74 Å². The predicted molar refractivity (Wildman–Crippen MR) is 78.6 cm³/mol. The van der Waals surface area contributed by atoms with Crippen LogP contribution in [0.25, 0.3) is 0 Å². The molecule has 0 aromatic heterocycles. The Balaban J connectivity index is 3.41. The summed E-state index contributed by atoms with van der Waals surface area (Å²) in [6.45, 7) is 4.21. The van der Waals surface area contributed by atoms with Gasteiger partial charge in [0.1, 0.15) is 6.04 Å². The highest BCUT2D eigenvalue weighted by Crippen LogP contribution is 2.08. The zero-order chi connectivity index (χ0) is 15.2. The van der Waals surface area contributed by atoms with E-state index in [0.29, 0.717) is 6.61 Å². The quantitative estimate of drug-likeness (QED) is 0.467. The van der Waals surface area contributed by atoms with E-state index in [9.17, 15) is 9.59 Å². The van der Waals surface area contributed by atoms with Gasteiger partial charge in [0.2, 0.25) is 0 Å². The van der Waals surface area contributed by atoms with Gasteiger partial charge in [-0.2, -0.15) is 0 Å². The molecule has 0 heterocycles. The topological polar surface area (TPSA) is 64.6 Å². The predicted octanol–water partition coefficient (Wildman–Crippen LogP) is 3.41. The molecule has 0 spiro atoms. The first kappa shape index (κ1) is 18.7. The lowest BCUT2D eigenvalue weighted by atomic mass is 10.1. The first-order valence-corrected chi connectivity index (χ1v) is 7.63. The highest BCUT2D eigenvalue weighted by molar-refractivity contribution is 5.80. The van der Waals surface area contributed by atoms with Crippen LogP contribution in [0.5, 0.6) is 0 Å². The van der Waals surface area contributed by atoms with Crippen molar-refractivity contribution in [2.24, 2.45) is 0 Å². The van der Waals surface area contributed by atoms with Crippen LogP contribution in [0, 0.1) is 0 Å². The van der Waals surface area contributed by atoms with Gasteiger partial charge in [-0.05, 0) is 13.3 Å². The molecule has 1 unspecified atom stereocenters. The van der Waals surface area contributed by atoms with E-state index in [2.05, 4.69) is 17.0 Å². The van der Waals surface area contributed by atoms with Crippen molar-refractivity contribution < 1.29 is 19.1 Å². The van der Waals surface area contributed by atoms with Crippen LogP contribution in [0.1, 0.15) is 65.2 Å². The monoisotopic (exact) mass is 287 g/mol. The summed E-state index contributed by atoms with van der Waals surface area (Å²) in [6, 6.07) is -0.670. The minimum absolute atomic E-state index is 0.418. The van der Waals surface area contributed by atoms with Crippen molar-refractivity contribution in [1.29, 1.82) is 0 Å². The Kier molecular flexibility index (Phi) is 12.0. The minimum Gasteiger partial charge on any atom is -0.464 e. The highest BCUT2D eigenvalue weighted by atomic mass is 16.5. The fourth-order valence-corrected chi connectivity index (χ4v) is 1.83. The normalized spacial score (nSPS) is 11.8. The van der Waals surface area contributed by atoms with Crippen LogP contribution in [0.3, 0.4) is 0 Å². The second kappa shape index (κ2) is 12.8. The summed E-state index contributed by atoms with van der Waals surface area (Å²) in [7, 11) is 1.26. The number of carbonyl (C=O) groups is 2. The van der Waals surface area contributed by atoms with Crippen LogP contribution in [0.2, 0.25) is 0 Å². The number of unbranched alkanes of at least 4 members (excludes halogenated alkanes) is 7. The Morgan fingerprint density at radius 2 is 1.55 bits per heavy atom. The van der Waals surface area contributed by atoms with Crippen molar-refractivity contribution in [3.63, 3.8) is 0 Å². The largest absolute Gasteiger partial charge is 0.464 e. The SMILES string of the molecule is CCCCCCCCCCOC(=O)C(C)NC(=O)OC. The van der Waals surface area contributed by atoms with E-state index in [1.165, 1.54) is 45.6 Å². The Morgan fingerprint density at radius 1 is 1.00 bits per heavy atom. The number of methoxy groups -OCH3 is 1. The Morgan fingerprint density at radius 3 is 2.10 bits per heavy atom. The van der Waals surface area contributed by atoms with E-state index < -0.39 is 18.1 Å². The van der Waals surface area contributed by atoms with E-state index in [-0.39, 0.29) is 0 Å². The molecule has 0 aromatic carbocycles. The summed E-state index contributed by atoms with van der Waals surface area (Å²) >= 11 is 0. The third-order valence-corrected chi connectivity index (χ3v) is 3.12. The van der Waals surface area contributed by atoms with Gasteiger partial charge < -0.3 is 14.8 Å². The maximum Gasteiger partial charge on any atom is 0.407 e. The summed E-state index contributed by atoms with van der Waals surface area (Å²) in [6.07, 6.45) is 9.00. The molecule has 1 N–H and O–H groups in total. The zero-order valence-corrected chi connectivity index (χ0v) is 13.1. The molecular weight excluding hydrogens is 258 g/mol. The van der Waals surface area contributed by atoms with Gasteiger partial charge in [-0.25, -0.2) is 9.59 Å². The molecule has 118 valence electrons. The van der Waals surface area contributed by atoms with Crippen molar-refractivity contribution in [1.82, 2.24) is 5.32 Å². The van der Waals surface area contributed by atoms with Gasteiger partial charge in [0.15, 0.2) is 0 Å². The molecule has 0 fully saturated rings. The van der Waals surface area contributed by atoms with Gasteiger partial charge in [0.25, 0.3) is 0 Å². The maximum absolute atomic E-state index is 11.5. The molecule has 0 aromatic rings. The van der Waals surface area contributed by atoms with Crippen LogP contribution in [-0.4, -0.2) is 31.8 Å². The van der Waals surface area contributed by atoms with Crippen LogP contribution < -0.4 is 5.32 Å². The first-order valence-electron chi connectivity index (χ1n) is 7.63. The molecule has 20 heavy (non-hydrogen) atoms. The molecule has 0 aliphatic rings. The van der Waals surface area contributed by atoms with E-state index in [0.717, 1.165) is 12.8 Å². The number of rotatable bonds is 11. The third kappa shape index (κ3) is 10.6. The number of alkyl carbamates (subject to hydrolysis) is 1. The fourth-order valence-electron chi connectivity index (χ4n) is 1.83. The molecular formula is C15H29NO4. The number of ether oxygens (including phenoxy) is 2. The van der Waals surface area contributed by atoms with Crippen LogP contribution in [0.15, 0.2) is 0 Å². The standard InChI is InChI=1S/C15H29NO4/c1-4-5-6-7-8-9-10-11-12-20-14(17)13(2)16-15(18)19-3/h13H,4-12H2,1-3H3,(H,16,18). The van der Waals surface area contributed by atoms with Crippen molar-refractivity contribution in [2.75, 3.05) is 13.7 Å². The summed E-state index contributed by atoms with van der Waals surface area (Å²) in [5.41, 5.74) is 0. The number of carbonyl (C=O) groups excluding carboxylic acids is 2. The number of nitrogens with one attached hydrogen (secondary N) is 1. The smallest absolute Gasteiger partial charge is 0.407 e. The molecule has 0 bridgehead atoms. The van der Waals surface area contributed by atoms with E-state index in [1.807, 2.05) is 0 Å². The Labute approximate surface area is 122 Å². The Hall–Kier alpha value is -1.26. The van der Waals surface area contributed by atoms with Gasteiger partial charge in [-0.1, -0.05) is 51.9 Å². The third-order valence-electron chi connectivity index (χ3n) is 3.12. The molecule has 5 nitrogen and oxygen atoms in total. The average molecular weight is 287 g/mol. The maximum atomic E-state index is 11.5. The number of amides is 1. The van der Waals surface area contributed by atoms with Gasteiger partial charge in [-0.3, -0.25) is 0 Å². The molecule has 0 aliphatic heterocycles. The molecule has 0 radical (unpaired) electrons. The van der Waals surface area contributed by atoms with Gasteiger partial charge in [-0.15, -0.1) is 0 Å². The minimum atomic E-state index is -0.670. The van der Waals surface area contributed by atoms with Crippen molar-refractivity contribution in [2.45, 2.75) is 71.3 Å². The highest BCUT2D eigenvalue weighted by Gasteiger charge is 2.16. The van der Waals surface area contributed by atoms with E-state index >= 15 is 0 Å². The lowest BCUT2D eigenvalue weighted by Gasteiger charge is -2.12. The molecule has 5 heteroatoms. The summed E-state index contributed by atoms with van der Waals surface area (Å²) in [4.78, 5) is 22.4. The second-order valence-corrected chi connectivity index (χ2v) is 5.00. The molecule has 0 rings (SSSR count). The molecule has 1 atom stereocenters. The van der Waals surface area contributed by atoms with Crippen LogP contribution in [-0.2, 0) is 14.3 Å². The second-order valence-electron chi connectivity index (χ2n) is 5.00. The van der Waals surface area contributed by atoms with Crippen LogP contribution >= 0.6 is 0 Å². The molecule has 0 saturated heterocycles. The first-order chi connectivity index (χ1) is 9.61. The Bertz CT molecular complexity index is 269. The van der Waals surface area contributed by atoms with Crippen LogP contribution in [0.4, 0.5) is 4.79 Å². The number of esters is 1. The molecule has 0 saturated carbocycles. The fraction of sp³-hybridized carbons (Fsp3) is 0.867. The lowest BCUT2D eigenvalue weighted by Crippen LogP contribution is -2.39. The summed E-state index contributed by atoms with van der Waals surface area (Å²) < 4.78 is 9.50. The van der Waals surface area contributed by atoms with Crippen molar-refractivity contribution in [3.8, 4) is 0 Å². The van der Waals surface area contributed by atoms with Gasteiger partial charge in [0.05, 0.1) is 13.7 Å². The van der Waals surface area contributed by atoms with Crippen molar-refractivity contribution in [3.05, 3.63) is 0 Å². The van der Waals surface area contributed by atoms with Gasteiger partial charge in [0, 0.05) is 0 Å². The lowest BCUT2D eigenvalue weighted by molar-refractivity contribution is -0.145. The zero-order valence-electron chi connectivity index (χ0n) is 13.1. The molecule has 1 amide bonds. The van der Waals surface area contributed by atoms with Gasteiger partial charge >= 0.3 is 12.1 Å². The average Bonchev–Trinajstić information content (AvgIpc) is 2.45. The van der Waals surface area contributed by atoms with E-state index in [1.54, 1.807) is 6.92 Å². The summed E-state index contributed by atoms with van der Waals surface area (Å²) in [5, 5.41) is 2.37. The number of hydrogen-bond donors (Lipinski definition) is 1.